The van der Waals surface area contributed by atoms with Crippen LogP contribution in [0.4, 0.5) is 13.2 Å². The van der Waals surface area contributed by atoms with Crippen molar-refractivity contribution in [1.29, 1.82) is 0 Å². The first-order chi connectivity index (χ1) is 18.2. The Morgan fingerprint density at radius 1 is 1.21 bits per heavy atom. The lowest BCUT2D eigenvalue weighted by atomic mass is 9.88. The Bertz CT molecular complexity index is 1630. The first-order valence-corrected chi connectivity index (χ1v) is 12.6. The van der Waals surface area contributed by atoms with Gasteiger partial charge < -0.3 is 14.7 Å². The topological polar surface area (TPSA) is 82.5 Å². The number of rotatable bonds is 5. The summed E-state index contributed by atoms with van der Waals surface area (Å²) < 4.78 is 41.6. The van der Waals surface area contributed by atoms with Crippen molar-refractivity contribution in [3.05, 3.63) is 87.9 Å². The summed E-state index contributed by atoms with van der Waals surface area (Å²) in [7, 11) is 0. The molecule has 2 aliphatic rings. The zero-order valence-electron chi connectivity index (χ0n) is 20.7. The van der Waals surface area contributed by atoms with Crippen molar-refractivity contribution >= 4 is 28.0 Å². The predicted octanol–water partition coefficient (Wildman–Crippen LogP) is 4.38. The van der Waals surface area contributed by atoms with Crippen LogP contribution in [0, 0.1) is 11.7 Å². The minimum atomic E-state index is -2.68. The van der Waals surface area contributed by atoms with Gasteiger partial charge in [-0.05, 0) is 46.9 Å². The molecule has 1 aliphatic carbocycles. The number of alkyl halides is 2. The molecule has 0 saturated heterocycles. The number of benzene rings is 1. The van der Waals surface area contributed by atoms with Gasteiger partial charge in [-0.3, -0.25) is 19.5 Å². The molecule has 38 heavy (non-hydrogen) atoms. The van der Waals surface area contributed by atoms with Crippen LogP contribution in [-0.4, -0.2) is 50.2 Å². The molecular formula is C28H26F3N5O2. The molecule has 3 aromatic heterocycles. The van der Waals surface area contributed by atoms with Crippen LogP contribution in [0.5, 0.6) is 0 Å². The number of halogens is 3. The van der Waals surface area contributed by atoms with E-state index in [1.807, 2.05) is 24.3 Å². The van der Waals surface area contributed by atoms with E-state index in [-0.39, 0.29) is 30.0 Å². The van der Waals surface area contributed by atoms with Crippen molar-refractivity contribution in [2.45, 2.75) is 38.3 Å². The number of fused-ring (bicyclic) bond motifs is 3. The second-order valence-corrected chi connectivity index (χ2v) is 10.3. The van der Waals surface area contributed by atoms with E-state index in [2.05, 4.69) is 33.2 Å². The van der Waals surface area contributed by atoms with Crippen molar-refractivity contribution in [2.24, 2.45) is 5.92 Å². The molecule has 4 heterocycles. The molecule has 196 valence electrons. The lowest BCUT2D eigenvalue weighted by Crippen LogP contribution is -2.50. The van der Waals surface area contributed by atoms with Crippen LogP contribution in [-0.2, 0) is 6.54 Å². The molecule has 6 rings (SSSR count). The van der Waals surface area contributed by atoms with Gasteiger partial charge in [0.15, 0.2) is 5.82 Å². The summed E-state index contributed by atoms with van der Waals surface area (Å²) in [6.45, 7) is 4.33. The summed E-state index contributed by atoms with van der Waals surface area (Å²) in [5, 5.41) is 2.61. The number of aromatic nitrogens is 3. The van der Waals surface area contributed by atoms with E-state index in [9.17, 15) is 22.8 Å². The summed E-state index contributed by atoms with van der Waals surface area (Å²) in [6, 6.07) is 10.1. The third-order valence-corrected chi connectivity index (χ3v) is 7.41. The number of hydrogen-bond donors (Lipinski definition) is 2. The number of hydrogen-bond acceptors (Lipinski definition) is 4. The average molecular weight is 522 g/mol. The van der Waals surface area contributed by atoms with Gasteiger partial charge in [-0.15, -0.1) is 0 Å². The highest BCUT2D eigenvalue weighted by molar-refractivity contribution is 5.92. The molecule has 7 nitrogen and oxygen atoms in total. The number of nitrogens with one attached hydrogen (secondary N) is 2. The number of pyridine rings is 1. The van der Waals surface area contributed by atoms with E-state index in [0.717, 1.165) is 28.8 Å². The van der Waals surface area contributed by atoms with Crippen molar-refractivity contribution in [1.82, 2.24) is 24.6 Å². The minimum Gasteiger partial charge on any atom is -0.348 e. The molecule has 0 spiro atoms. The molecule has 1 unspecified atom stereocenters. The molecule has 1 saturated carbocycles. The molecule has 0 radical (unpaired) electrons. The normalized spacial score (nSPS) is 19.9. The standard InChI is InChI=1S/C28H26F3N5O2/c1-16-14-35(15-17-2-5-24-23(10-17)34-27(38)25-21(29)7-9-36(24)25)8-6-20(16)18-3-4-22(32-13-18)26(37)33-19-11-28(30,31)12-19/h2-7,9-10,13,16,19H,8,11-12,14-15H2,1H3,(H,33,37)(H,34,38). The maximum atomic E-state index is 14.0. The van der Waals surface area contributed by atoms with Crippen molar-refractivity contribution in [3.63, 3.8) is 0 Å². The van der Waals surface area contributed by atoms with Gasteiger partial charge in [0.25, 0.3) is 17.4 Å². The van der Waals surface area contributed by atoms with E-state index in [0.29, 0.717) is 18.6 Å². The zero-order valence-corrected chi connectivity index (χ0v) is 20.7. The quantitative estimate of drug-likeness (QED) is 0.409. The predicted molar refractivity (Wildman–Crippen MR) is 138 cm³/mol. The van der Waals surface area contributed by atoms with Crippen LogP contribution in [0.15, 0.2) is 59.7 Å². The van der Waals surface area contributed by atoms with E-state index in [1.54, 1.807) is 22.9 Å². The Hall–Kier alpha value is -3.92. The van der Waals surface area contributed by atoms with Crippen molar-refractivity contribution in [2.75, 3.05) is 13.1 Å². The number of nitrogens with zero attached hydrogens (tertiary/aromatic N) is 3. The third-order valence-electron chi connectivity index (χ3n) is 7.41. The van der Waals surface area contributed by atoms with Gasteiger partial charge in [0.05, 0.1) is 11.0 Å². The van der Waals surface area contributed by atoms with Gasteiger partial charge in [0, 0.05) is 50.9 Å². The van der Waals surface area contributed by atoms with Gasteiger partial charge in [-0.2, -0.15) is 0 Å². The highest BCUT2D eigenvalue weighted by Crippen LogP contribution is 2.37. The molecule has 0 bridgehead atoms. The summed E-state index contributed by atoms with van der Waals surface area (Å²) in [4.78, 5) is 34.0. The Morgan fingerprint density at radius 3 is 2.74 bits per heavy atom. The van der Waals surface area contributed by atoms with Crippen LogP contribution in [0.3, 0.4) is 0 Å². The highest BCUT2D eigenvalue weighted by atomic mass is 19.3. The van der Waals surface area contributed by atoms with Crippen LogP contribution >= 0.6 is 0 Å². The number of carbonyl (C=O) groups excluding carboxylic acids is 1. The van der Waals surface area contributed by atoms with Gasteiger partial charge >= 0.3 is 0 Å². The molecule has 1 amide bonds. The Labute approximate surface area is 216 Å². The van der Waals surface area contributed by atoms with Gasteiger partial charge in [-0.25, -0.2) is 13.2 Å². The van der Waals surface area contributed by atoms with E-state index in [1.165, 1.54) is 6.07 Å². The SMILES string of the molecule is CC1CN(Cc2ccc3c(c2)[nH]c(=O)c2c(F)ccn23)CC=C1c1ccc(C(=O)NC2CC(F)(F)C2)nc1. The Balaban J connectivity index is 1.13. The molecule has 1 aromatic carbocycles. The molecule has 4 aromatic rings. The van der Waals surface area contributed by atoms with Gasteiger partial charge in [0.1, 0.15) is 11.2 Å². The summed E-state index contributed by atoms with van der Waals surface area (Å²) in [5.41, 5.74) is 4.25. The lowest BCUT2D eigenvalue weighted by Gasteiger charge is -2.35. The highest BCUT2D eigenvalue weighted by Gasteiger charge is 2.46. The molecule has 10 heteroatoms. The number of carbonyl (C=O) groups is 1. The van der Waals surface area contributed by atoms with E-state index >= 15 is 0 Å². The number of aromatic amines is 1. The van der Waals surface area contributed by atoms with Crippen LogP contribution in [0.1, 0.15) is 41.4 Å². The minimum absolute atomic E-state index is 0.0129. The maximum absolute atomic E-state index is 14.0. The largest absolute Gasteiger partial charge is 0.348 e. The first kappa shape index (κ1) is 24.4. The third kappa shape index (κ3) is 4.49. The molecule has 1 atom stereocenters. The Kier molecular flexibility index (Phi) is 5.86. The monoisotopic (exact) mass is 521 g/mol. The van der Waals surface area contributed by atoms with Crippen LogP contribution in [0.2, 0.25) is 0 Å². The fourth-order valence-electron chi connectivity index (χ4n) is 5.50. The van der Waals surface area contributed by atoms with E-state index in [4.69, 9.17) is 0 Å². The van der Waals surface area contributed by atoms with Crippen molar-refractivity contribution in [3.8, 4) is 0 Å². The number of amides is 1. The molecule has 1 aliphatic heterocycles. The maximum Gasteiger partial charge on any atom is 0.275 e. The Morgan fingerprint density at radius 2 is 2.03 bits per heavy atom. The van der Waals surface area contributed by atoms with Gasteiger partial charge in [0.2, 0.25) is 0 Å². The summed E-state index contributed by atoms with van der Waals surface area (Å²) >= 11 is 0. The lowest BCUT2D eigenvalue weighted by molar-refractivity contribution is -0.0901. The zero-order chi connectivity index (χ0) is 26.6. The fourth-order valence-corrected chi connectivity index (χ4v) is 5.50. The van der Waals surface area contributed by atoms with Crippen LogP contribution in [0.25, 0.3) is 22.1 Å². The second kappa shape index (κ2) is 9.13. The van der Waals surface area contributed by atoms with Crippen LogP contribution < -0.4 is 10.9 Å². The summed E-state index contributed by atoms with van der Waals surface area (Å²) in [5.74, 6) is -3.45. The molecule has 2 N–H and O–H groups in total. The molecule has 1 fully saturated rings. The fraction of sp³-hybridized carbons (Fsp3) is 0.321. The van der Waals surface area contributed by atoms with Crippen molar-refractivity contribution < 1.29 is 18.0 Å². The smallest absolute Gasteiger partial charge is 0.275 e. The average Bonchev–Trinajstić information content (AvgIpc) is 3.25. The number of H-pyrrole nitrogens is 1. The second-order valence-electron chi connectivity index (χ2n) is 10.3. The van der Waals surface area contributed by atoms with E-state index < -0.39 is 29.2 Å². The first-order valence-electron chi connectivity index (χ1n) is 12.6. The van der Waals surface area contributed by atoms with Gasteiger partial charge in [-0.1, -0.05) is 25.1 Å². The summed E-state index contributed by atoms with van der Waals surface area (Å²) in [6.07, 6.45) is 4.71. The molecular weight excluding hydrogens is 495 g/mol.